The molecule has 2 aliphatic heterocycles. The van der Waals surface area contributed by atoms with Gasteiger partial charge >= 0.3 is 12.1 Å². The van der Waals surface area contributed by atoms with E-state index in [1.54, 1.807) is 28.2 Å². The summed E-state index contributed by atoms with van der Waals surface area (Å²) in [4.78, 5) is 75.4. The summed E-state index contributed by atoms with van der Waals surface area (Å²) in [6.07, 6.45) is 3.27. The van der Waals surface area contributed by atoms with Gasteiger partial charge in [-0.25, -0.2) is 19.6 Å². The molecule has 54 heavy (non-hydrogen) atoms. The minimum absolute atomic E-state index is 0.0728. The highest BCUT2D eigenvalue weighted by Gasteiger charge is 2.39. The third kappa shape index (κ3) is 8.00. The van der Waals surface area contributed by atoms with Gasteiger partial charge in [0, 0.05) is 52.4 Å². The Labute approximate surface area is 316 Å². The number of fused-ring (bicyclic) bond motifs is 2. The maximum Gasteiger partial charge on any atom is 0.317 e. The number of rotatable bonds is 8. The molecule has 14 nitrogen and oxygen atoms in total. The van der Waals surface area contributed by atoms with E-state index >= 15 is 0 Å². The van der Waals surface area contributed by atoms with Crippen molar-refractivity contribution < 1.29 is 19.2 Å². The third-order valence-corrected chi connectivity index (χ3v) is 10.3. The highest BCUT2D eigenvalue weighted by molar-refractivity contribution is 5.89. The summed E-state index contributed by atoms with van der Waals surface area (Å²) in [7, 11) is 6.64. The molecule has 0 saturated carbocycles. The van der Waals surface area contributed by atoms with E-state index in [4.69, 9.17) is 9.97 Å². The van der Waals surface area contributed by atoms with Gasteiger partial charge in [-0.15, -0.1) is 0 Å². The molecule has 2 saturated heterocycles. The summed E-state index contributed by atoms with van der Waals surface area (Å²) in [5.41, 5.74) is 4.87. The first kappa shape index (κ1) is 38.2. The Morgan fingerprint density at radius 3 is 1.65 bits per heavy atom. The number of amides is 6. The standard InChI is InChI=1S/C40H52N10O4/c1-23(2)33(45-39(53)47(5)6)37(51)49-19-9-11-31(49)35-41-27-17-15-25(21-29(27)43-35)13-14-26-16-18-28-30(22-26)44-36(42-28)32-12-10-20-50(32)38(52)34(24(3)4)46-40(54)48(7)8/h15-18,21-24,31-34H,9-12,19-20H2,1-8H3,(H,41,43)(H,42,44)(H,45,53)(H,46,54)/t31-,32-,33-,34-/m0/s1. The van der Waals surface area contributed by atoms with Gasteiger partial charge in [0.1, 0.15) is 23.7 Å². The number of hydrogen-bond donors (Lipinski definition) is 4. The van der Waals surface area contributed by atoms with E-state index in [9.17, 15) is 19.2 Å². The van der Waals surface area contributed by atoms with Gasteiger partial charge in [0.2, 0.25) is 11.8 Å². The van der Waals surface area contributed by atoms with Crippen LogP contribution in [-0.4, -0.2) is 117 Å². The van der Waals surface area contributed by atoms with Crippen LogP contribution in [0.2, 0.25) is 0 Å². The van der Waals surface area contributed by atoms with E-state index in [0.717, 1.165) is 70.5 Å². The van der Waals surface area contributed by atoms with E-state index in [2.05, 4.69) is 32.4 Å². The van der Waals surface area contributed by atoms with Crippen LogP contribution in [0.3, 0.4) is 0 Å². The number of aromatic amines is 2. The molecule has 0 spiro atoms. The van der Waals surface area contributed by atoms with Crippen molar-refractivity contribution >= 4 is 45.9 Å². The Morgan fingerprint density at radius 1 is 0.685 bits per heavy atom. The van der Waals surface area contributed by atoms with Crippen molar-refractivity contribution in [1.29, 1.82) is 0 Å². The van der Waals surface area contributed by atoms with Crippen molar-refractivity contribution in [3.8, 4) is 11.8 Å². The van der Waals surface area contributed by atoms with Gasteiger partial charge in [0.25, 0.3) is 0 Å². The molecule has 14 heteroatoms. The van der Waals surface area contributed by atoms with Crippen molar-refractivity contribution in [2.24, 2.45) is 11.8 Å². The predicted octanol–water partition coefficient (Wildman–Crippen LogP) is 4.76. The monoisotopic (exact) mass is 736 g/mol. The van der Waals surface area contributed by atoms with Crippen molar-refractivity contribution in [3.05, 3.63) is 59.2 Å². The van der Waals surface area contributed by atoms with E-state index in [-0.39, 0.29) is 47.8 Å². The largest absolute Gasteiger partial charge is 0.340 e. The van der Waals surface area contributed by atoms with Crippen molar-refractivity contribution in [3.63, 3.8) is 0 Å². The number of aromatic nitrogens is 4. The summed E-state index contributed by atoms with van der Waals surface area (Å²) < 4.78 is 0. The molecule has 0 unspecified atom stereocenters. The Bertz CT molecular complexity index is 1960. The second-order valence-corrected chi connectivity index (χ2v) is 15.5. The molecule has 2 aromatic heterocycles. The number of nitrogens with one attached hydrogen (secondary N) is 4. The molecule has 0 aliphatic carbocycles. The number of urea groups is 2. The molecule has 6 amide bonds. The van der Waals surface area contributed by atoms with Gasteiger partial charge in [0.05, 0.1) is 34.2 Å². The van der Waals surface area contributed by atoms with E-state index < -0.39 is 12.1 Å². The molecule has 2 fully saturated rings. The van der Waals surface area contributed by atoms with E-state index in [0.29, 0.717) is 13.1 Å². The van der Waals surface area contributed by atoms with Crippen LogP contribution in [0.1, 0.15) is 88.2 Å². The van der Waals surface area contributed by atoms with Crippen molar-refractivity contribution in [2.45, 2.75) is 77.5 Å². The number of carbonyl (C=O) groups excluding carboxylic acids is 4. The number of imidazole rings is 2. The molecule has 4 heterocycles. The molecule has 0 radical (unpaired) electrons. The highest BCUT2D eigenvalue weighted by Crippen LogP contribution is 2.34. The van der Waals surface area contributed by atoms with E-state index in [1.165, 1.54) is 9.80 Å². The fourth-order valence-corrected chi connectivity index (χ4v) is 7.21. The van der Waals surface area contributed by atoms with Crippen molar-refractivity contribution in [2.75, 3.05) is 41.3 Å². The van der Waals surface area contributed by atoms with Crippen molar-refractivity contribution in [1.82, 2.24) is 50.2 Å². The lowest BCUT2D eigenvalue weighted by Crippen LogP contribution is -2.53. The van der Waals surface area contributed by atoms with Gasteiger partial charge in [-0.05, 0) is 73.9 Å². The maximum absolute atomic E-state index is 13.7. The zero-order valence-electron chi connectivity index (χ0n) is 32.5. The Hall–Kier alpha value is -5.58. The minimum Gasteiger partial charge on any atom is -0.340 e. The zero-order valence-corrected chi connectivity index (χ0v) is 32.5. The third-order valence-electron chi connectivity index (χ3n) is 10.3. The first-order valence-electron chi connectivity index (χ1n) is 18.8. The summed E-state index contributed by atoms with van der Waals surface area (Å²) in [5.74, 6) is 7.65. The topological polar surface area (TPSA) is 163 Å². The molecule has 0 bridgehead atoms. The van der Waals surface area contributed by atoms with Crippen LogP contribution in [-0.2, 0) is 9.59 Å². The minimum atomic E-state index is -0.633. The zero-order chi connectivity index (χ0) is 38.8. The summed E-state index contributed by atoms with van der Waals surface area (Å²) in [6.45, 7) is 8.95. The van der Waals surface area contributed by atoms with E-state index in [1.807, 2.05) is 73.9 Å². The summed E-state index contributed by atoms with van der Waals surface area (Å²) >= 11 is 0. The van der Waals surface area contributed by atoms with Crippen LogP contribution < -0.4 is 10.6 Å². The molecule has 2 aromatic carbocycles. The molecule has 2 aliphatic rings. The number of likely N-dealkylation sites (tertiary alicyclic amines) is 2. The Balaban J connectivity index is 1.17. The smallest absolute Gasteiger partial charge is 0.317 e. The molecule has 6 rings (SSSR count). The second kappa shape index (κ2) is 15.8. The Kier molecular flexibility index (Phi) is 11.2. The fourth-order valence-electron chi connectivity index (χ4n) is 7.21. The maximum atomic E-state index is 13.7. The molecule has 4 aromatic rings. The number of carbonyl (C=O) groups is 4. The fraction of sp³-hybridized carbons (Fsp3) is 0.500. The quantitative estimate of drug-likeness (QED) is 0.191. The number of hydrogen-bond acceptors (Lipinski definition) is 6. The van der Waals surface area contributed by atoms with Gasteiger partial charge in [-0.3, -0.25) is 9.59 Å². The number of H-pyrrole nitrogens is 2. The normalized spacial score (nSPS) is 18.2. The van der Waals surface area contributed by atoms with Gasteiger partial charge < -0.3 is 40.2 Å². The number of benzene rings is 2. The lowest BCUT2D eigenvalue weighted by atomic mass is 10.0. The molecular formula is C40H52N10O4. The second-order valence-electron chi connectivity index (χ2n) is 15.5. The Morgan fingerprint density at radius 2 is 1.15 bits per heavy atom. The molecular weight excluding hydrogens is 685 g/mol. The molecule has 4 atom stereocenters. The molecule has 4 N–H and O–H groups in total. The first-order valence-corrected chi connectivity index (χ1v) is 18.8. The first-order chi connectivity index (χ1) is 25.7. The lowest BCUT2D eigenvalue weighted by molar-refractivity contribution is -0.136. The van der Waals surface area contributed by atoms with Gasteiger partial charge in [0.15, 0.2) is 0 Å². The molecule has 286 valence electrons. The predicted molar refractivity (Wildman–Crippen MR) is 207 cm³/mol. The van der Waals surface area contributed by atoms with Crippen LogP contribution in [0.5, 0.6) is 0 Å². The van der Waals surface area contributed by atoms with Crippen LogP contribution in [0.4, 0.5) is 9.59 Å². The lowest BCUT2D eigenvalue weighted by Gasteiger charge is -2.31. The van der Waals surface area contributed by atoms with Gasteiger partial charge in [-0.1, -0.05) is 39.5 Å². The average molecular weight is 737 g/mol. The average Bonchev–Trinajstić information content (AvgIpc) is 3.95. The van der Waals surface area contributed by atoms with Crippen LogP contribution in [0, 0.1) is 23.7 Å². The summed E-state index contributed by atoms with van der Waals surface area (Å²) in [5, 5.41) is 5.78. The SMILES string of the molecule is CC(C)[C@H](NC(=O)N(C)C)C(=O)N1CCC[C@H]1c1nc2cc(C#Cc3ccc4nc([C@@H]5CCCN5C(=O)[C@@H](NC(=O)N(C)C)C(C)C)[nH]c4c3)ccc2[nH]1. The van der Waals surface area contributed by atoms with Crippen LogP contribution >= 0.6 is 0 Å². The van der Waals surface area contributed by atoms with Crippen LogP contribution in [0.25, 0.3) is 22.1 Å². The van der Waals surface area contributed by atoms with Gasteiger partial charge in [-0.2, -0.15) is 0 Å². The van der Waals surface area contributed by atoms with Crippen LogP contribution in [0.15, 0.2) is 36.4 Å². The number of nitrogens with zero attached hydrogens (tertiary/aromatic N) is 6. The highest BCUT2D eigenvalue weighted by atomic mass is 16.2. The summed E-state index contributed by atoms with van der Waals surface area (Å²) in [6, 6.07) is 9.42.